The Kier molecular flexibility index (Phi) is 2.59. The van der Waals surface area contributed by atoms with Crippen molar-refractivity contribution in [3.8, 4) is 12.3 Å². The minimum absolute atomic E-state index is 0.138. The van der Waals surface area contributed by atoms with Gasteiger partial charge in [0, 0.05) is 0 Å². The third kappa shape index (κ3) is 2.01. The van der Waals surface area contributed by atoms with Crippen LogP contribution in [0.1, 0.15) is 0 Å². The number of carbonyl (C=O) groups is 1. The van der Waals surface area contributed by atoms with Gasteiger partial charge in [0.05, 0.1) is 13.1 Å². The van der Waals surface area contributed by atoms with Crippen molar-refractivity contribution in [1.82, 2.24) is 4.90 Å². The molecule has 13 heavy (non-hydrogen) atoms. The van der Waals surface area contributed by atoms with E-state index in [2.05, 4.69) is 12.5 Å². The summed E-state index contributed by atoms with van der Waals surface area (Å²) in [6.07, 6.45) is 6.04. The van der Waals surface area contributed by atoms with Crippen LogP contribution in [0, 0.1) is 12.3 Å². The highest BCUT2D eigenvalue weighted by Gasteiger charge is 2.42. The van der Waals surface area contributed by atoms with E-state index in [1.807, 2.05) is 0 Å². The van der Waals surface area contributed by atoms with Gasteiger partial charge >= 0.3 is 6.09 Å². The Hall–Kier alpha value is -1.47. The standard InChI is InChI=1S/C9H11NO3/c1-3-5-13-8(11)10-6-9(12,4-2)7-10/h2-3,12H,1,5-7H2. The molecule has 0 atom stereocenters. The second kappa shape index (κ2) is 3.50. The van der Waals surface area contributed by atoms with Crippen molar-refractivity contribution in [1.29, 1.82) is 0 Å². The molecule has 1 N–H and O–H groups in total. The summed E-state index contributed by atoms with van der Waals surface area (Å²) in [7, 11) is 0. The number of likely N-dealkylation sites (tertiary alicyclic amines) is 1. The SMILES string of the molecule is C#CC1(O)CN(C(=O)OCC=C)C1. The van der Waals surface area contributed by atoms with Crippen LogP contribution in [-0.2, 0) is 4.74 Å². The number of rotatable bonds is 2. The Morgan fingerprint density at radius 3 is 2.92 bits per heavy atom. The molecule has 1 amide bonds. The number of terminal acetylenes is 1. The lowest BCUT2D eigenvalue weighted by Crippen LogP contribution is -2.62. The van der Waals surface area contributed by atoms with Gasteiger partial charge < -0.3 is 14.7 Å². The number of β-amino-alcohol motifs (C(OH)–C–C–N with tert-alkyl or cyclic N) is 1. The van der Waals surface area contributed by atoms with Gasteiger partial charge in [-0.05, 0) is 0 Å². The van der Waals surface area contributed by atoms with Crippen LogP contribution < -0.4 is 0 Å². The van der Waals surface area contributed by atoms with Crippen LogP contribution in [-0.4, -0.2) is 41.4 Å². The van der Waals surface area contributed by atoms with Crippen molar-refractivity contribution < 1.29 is 14.6 Å². The highest BCUT2D eigenvalue weighted by molar-refractivity contribution is 5.69. The lowest BCUT2D eigenvalue weighted by Gasteiger charge is -2.41. The lowest BCUT2D eigenvalue weighted by atomic mass is 9.96. The fourth-order valence-corrected chi connectivity index (χ4v) is 1.03. The Morgan fingerprint density at radius 2 is 2.46 bits per heavy atom. The van der Waals surface area contributed by atoms with Crippen molar-refractivity contribution in [3.63, 3.8) is 0 Å². The Balaban J connectivity index is 2.31. The van der Waals surface area contributed by atoms with Crippen molar-refractivity contribution >= 4 is 6.09 Å². The van der Waals surface area contributed by atoms with Crippen LogP contribution in [0.4, 0.5) is 4.79 Å². The smallest absolute Gasteiger partial charge is 0.410 e. The van der Waals surface area contributed by atoms with Gasteiger partial charge in [0.2, 0.25) is 0 Å². The molecule has 1 fully saturated rings. The van der Waals surface area contributed by atoms with E-state index < -0.39 is 11.7 Å². The molecule has 0 aromatic carbocycles. The first-order chi connectivity index (χ1) is 6.11. The topological polar surface area (TPSA) is 49.8 Å². The number of hydrogen-bond donors (Lipinski definition) is 1. The molecule has 0 spiro atoms. The molecule has 0 unspecified atom stereocenters. The zero-order valence-corrected chi connectivity index (χ0v) is 7.19. The molecule has 0 aromatic heterocycles. The van der Waals surface area contributed by atoms with E-state index in [-0.39, 0.29) is 19.7 Å². The van der Waals surface area contributed by atoms with Gasteiger partial charge in [-0.25, -0.2) is 4.79 Å². The fourth-order valence-electron chi connectivity index (χ4n) is 1.03. The van der Waals surface area contributed by atoms with E-state index in [0.29, 0.717) is 0 Å². The summed E-state index contributed by atoms with van der Waals surface area (Å²) < 4.78 is 4.72. The Morgan fingerprint density at radius 1 is 1.85 bits per heavy atom. The van der Waals surface area contributed by atoms with Gasteiger partial charge in [-0.2, -0.15) is 0 Å². The molecule has 0 bridgehead atoms. The first-order valence-electron chi connectivity index (χ1n) is 3.84. The van der Waals surface area contributed by atoms with E-state index in [0.717, 1.165) is 0 Å². The number of carbonyl (C=O) groups excluding carboxylic acids is 1. The van der Waals surface area contributed by atoms with Crippen LogP contribution in [0.2, 0.25) is 0 Å². The molecule has 1 heterocycles. The first kappa shape index (κ1) is 9.62. The van der Waals surface area contributed by atoms with Crippen molar-refractivity contribution in [2.24, 2.45) is 0 Å². The van der Waals surface area contributed by atoms with Gasteiger partial charge in [0.15, 0.2) is 5.60 Å². The predicted molar refractivity (Wildman–Crippen MR) is 46.9 cm³/mol. The second-order valence-electron chi connectivity index (χ2n) is 2.90. The van der Waals surface area contributed by atoms with Gasteiger partial charge in [-0.15, -0.1) is 6.42 Å². The predicted octanol–water partition coefficient (Wildman–Crippen LogP) is -0.0111. The maximum absolute atomic E-state index is 11.1. The maximum Gasteiger partial charge on any atom is 0.410 e. The van der Waals surface area contributed by atoms with Crippen LogP contribution in [0.3, 0.4) is 0 Å². The van der Waals surface area contributed by atoms with Crippen LogP contribution in [0.25, 0.3) is 0 Å². The molecule has 1 rings (SSSR count). The summed E-state index contributed by atoms with van der Waals surface area (Å²) in [4.78, 5) is 12.4. The molecule has 1 saturated heterocycles. The second-order valence-corrected chi connectivity index (χ2v) is 2.90. The number of hydrogen-bond acceptors (Lipinski definition) is 3. The third-order valence-electron chi connectivity index (χ3n) is 1.76. The van der Waals surface area contributed by atoms with E-state index in [1.165, 1.54) is 11.0 Å². The molecule has 70 valence electrons. The van der Waals surface area contributed by atoms with Gasteiger partial charge in [0.25, 0.3) is 0 Å². The molecule has 1 aliphatic rings. The van der Waals surface area contributed by atoms with Crippen molar-refractivity contribution in [2.45, 2.75) is 5.60 Å². The highest BCUT2D eigenvalue weighted by Crippen LogP contribution is 2.20. The van der Waals surface area contributed by atoms with Crippen LogP contribution in [0.5, 0.6) is 0 Å². The number of nitrogens with zero attached hydrogens (tertiary/aromatic N) is 1. The molecule has 4 nitrogen and oxygen atoms in total. The molecule has 0 saturated carbocycles. The summed E-state index contributed by atoms with van der Waals surface area (Å²) >= 11 is 0. The maximum atomic E-state index is 11.1. The van der Waals surface area contributed by atoms with E-state index in [1.54, 1.807) is 0 Å². The Bertz CT molecular complexity index is 261. The highest BCUT2D eigenvalue weighted by atomic mass is 16.6. The van der Waals surface area contributed by atoms with Crippen LogP contribution in [0.15, 0.2) is 12.7 Å². The summed E-state index contributed by atoms with van der Waals surface area (Å²) in [5.41, 5.74) is -1.16. The molecule has 0 radical (unpaired) electrons. The molecule has 0 aromatic rings. The van der Waals surface area contributed by atoms with Crippen molar-refractivity contribution in [2.75, 3.05) is 19.7 Å². The summed E-state index contributed by atoms with van der Waals surface area (Å²) in [6.45, 7) is 3.85. The minimum Gasteiger partial charge on any atom is -0.445 e. The Labute approximate surface area is 76.8 Å². The summed E-state index contributed by atoms with van der Waals surface area (Å²) in [5.74, 6) is 2.20. The molecular weight excluding hydrogens is 170 g/mol. The monoisotopic (exact) mass is 181 g/mol. The van der Waals surface area contributed by atoms with Gasteiger partial charge in [0.1, 0.15) is 6.61 Å². The lowest BCUT2D eigenvalue weighted by molar-refractivity contribution is -0.0460. The molecule has 0 aliphatic carbocycles. The quantitative estimate of drug-likeness (QED) is 0.481. The van der Waals surface area contributed by atoms with E-state index in [4.69, 9.17) is 11.2 Å². The number of aliphatic hydroxyl groups is 1. The summed E-state index contributed by atoms with van der Waals surface area (Å²) in [5, 5.41) is 9.36. The number of ether oxygens (including phenoxy) is 1. The normalized spacial score (nSPS) is 18.3. The third-order valence-corrected chi connectivity index (χ3v) is 1.76. The van der Waals surface area contributed by atoms with Crippen molar-refractivity contribution in [3.05, 3.63) is 12.7 Å². The zero-order valence-electron chi connectivity index (χ0n) is 7.19. The van der Waals surface area contributed by atoms with E-state index >= 15 is 0 Å². The fraction of sp³-hybridized carbons (Fsp3) is 0.444. The number of amides is 1. The van der Waals surface area contributed by atoms with Gasteiger partial charge in [-0.3, -0.25) is 0 Å². The van der Waals surface area contributed by atoms with Gasteiger partial charge in [-0.1, -0.05) is 18.6 Å². The largest absolute Gasteiger partial charge is 0.445 e. The molecule has 4 heteroatoms. The minimum atomic E-state index is -1.16. The average molecular weight is 181 g/mol. The first-order valence-corrected chi connectivity index (χ1v) is 3.84. The van der Waals surface area contributed by atoms with E-state index in [9.17, 15) is 9.90 Å². The molecule has 1 aliphatic heterocycles. The molecular formula is C9H11NO3. The summed E-state index contributed by atoms with van der Waals surface area (Å²) in [6, 6.07) is 0. The average Bonchev–Trinajstić information content (AvgIpc) is 2.09. The zero-order chi connectivity index (χ0) is 9.90. The van der Waals surface area contributed by atoms with Crippen LogP contribution >= 0.6 is 0 Å².